The van der Waals surface area contributed by atoms with Crippen LogP contribution in [-0.4, -0.2) is 48.6 Å². The summed E-state index contributed by atoms with van der Waals surface area (Å²) in [6.07, 6.45) is 4.77. The summed E-state index contributed by atoms with van der Waals surface area (Å²) in [6.45, 7) is 4.36. The molecule has 4 atom stereocenters. The van der Waals surface area contributed by atoms with Gasteiger partial charge in [0.05, 0.1) is 11.8 Å². The summed E-state index contributed by atoms with van der Waals surface area (Å²) in [4.78, 5) is 25.6. The minimum absolute atomic E-state index is 0.0385. The number of likely N-dealkylation sites (N-methyl/N-ethyl adjacent to an activating group) is 1. The number of carbonyl (C=O) groups is 2. The summed E-state index contributed by atoms with van der Waals surface area (Å²) >= 11 is 0. The van der Waals surface area contributed by atoms with Crippen LogP contribution in [0.5, 0.6) is 0 Å². The van der Waals surface area contributed by atoms with Gasteiger partial charge in [0.25, 0.3) is 0 Å². The summed E-state index contributed by atoms with van der Waals surface area (Å²) in [5, 5.41) is 12.2. The van der Waals surface area contributed by atoms with E-state index in [1.807, 2.05) is 19.2 Å². The number of nitrogens with one attached hydrogen (secondary N) is 1. The molecule has 106 valence electrons. The van der Waals surface area contributed by atoms with Crippen molar-refractivity contribution in [2.45, 2.75) is 13.3 Å². The Labute approximate surface area is 113 Å². The van der Waals surface area contributed by atoms with E-state index in [1.54, 1.807) is 0 Å². The van der Waals surface area contributed by atoms with Gasteiger partial charge < -0.3 is 15.3 Å². The Balaban J connectivity index is 1.91. The monoisotopic (exact) mass is 266 g/mol. The van der Waals surface area contributed by atoms with Gasteiger partial charge in [-0.05, 0) is 31.8 Å². The Kier molecular flexibility index (Phi) is 4.24. The molecule has 19 heavy (non-hydrogen) atoms. The van der Waals surface area contributed by atoms with Gasteiger partial charge in [0.1, 0.15) is 0 Å². The van der Waals surface area contributed by atoms with Crippen LogP contribution in [0.4, 0.5) is 0 Å². The lowest BCUT2D eigenvalue weighted by Gasteiger charge is -2.24. The smallest absolute Gasteiger partial charge is 0.307 e. The van der Waals surface area contributed by atoms with Crippen molar-refractivity contribution in [2.75, 3.05) is 26.7 Å². The van der Waals surface area contributed by atoms with Crippen LogP contribution in [0.25, 0.3) is 0 Å². The largest absolute Gasteiger partial charge is 0.481 e. The number of carbonyl (C=O) groups excluding carboxylic acids is 1. The van der Waals surface area contributed by atoms with Gasteiger partial charge >= 0.3 is 5.97 Å². The van der Waals surface area contributed by atoms with Crippen molar-refractivity contribution < 1.29 is 14.7 Å². The molecule has 0 aromatic heterocycles. The van der Waals surface area contributed by atoms with Crippen molar-refractivity contribution in [1.82, 2.24) is 10.2 Å². The summed E-state index contributed by atoms with van der Waals surface area (Å²) < 4.78 is 0. The molecular formula is C14H22N2O3. The molecule has 0 radical (unpaired) electrons. The molecular weight excluding hydrogens is 244 g/mol. The molecule has 0 aromatic carbocycles. The number of amides is 1. The lowest BCUT2D eigenvalue weighted by Crippen LogP contribution is -2.42. The molecule has 2 rings (SSSR count). The van der Waals surface area contributed by atoms with E-state index in [-0.39, 0.29) is 23.7 Å². The van der Waals surface area contributed by atoms with E-state index < -0.39 is 11.9 Å². The second kappa shape index (κ2) is 5.74. The van der Waals surface area contributed by atoms with Gasteiger partial charge in [-0.1, -0.05) is 19.1 Å². The van der Waals surface area contributed by atoms with Crippen molar-refractivity contribution in [2.24, 2.45) is 23.7 Å². The maximum Gasteiger partial charge on any atom is 0.307 e. The molecule has 5 heteroatoms. The first kappa shape index (κ1) is 14.1. The highest BCUT2D eigenvalue weighted by Gasteiger charge is 2.51. The molecule has 5 nitrogen and oxygen atoms in total. The van der Waals surface area contributed by atoms with Crippen LogP contribution in [0.15, 0.2) is 12.2 Å². The Bertz CT molecular complexity index is 394. The molecule has 0 aromatic rings. The molecule has 2 N–H and O–H groups in total. The number of fused-ring (bicyclic) bond motifs is 2. The number of hydrogen-bond acceptors (Lipinski definition) is 3. The molecule has 2 aliphatic carbocycles. The Morgan fingerprint density at radius 1 is 1.32 bits per heavy atom. The zero-order valence-electron chi connectivity index (χ0n) is 11.5. The number of allylic oxidation sites excluding steroid dienone is 2. The van der Waals surface area contributed by atoms with Crippen molar-refractivity contribution in [3.63, 3.8) is 0 Å². The van der Waals surface area contributed by atoms with Gasteiger partial charge in [-0.2, -0.15) is 0 Å². The van der Waals surface area contributed by atoms with E-state index in [9.17, 15) is 14.7 Å². The van der Waals surface area contributed by atoms with Gasteiger partial charge in [-0.15, -0.1) is 0 Å². The highest BCUT2D eigenvalue weighted by atomic mass is 16.4. The number of nitrogens with zero attached hydrogens (tertiary/aromatic N) is 1. The number of hydrogen-bond donors (Lipinski definition) is 2. The first-order chi connectivity index (χ1) is 9.04. The van der Waals surface area contributed by atoms with Crippen molar-refractivity contribution in [3.8, 4) is 0 Å². The van der Waals surface area contributed by atoms with Crippen LogP contribution in [0, 0.1) is 23.7 Å². The normalized spacial score (nSPS) is 31.9. The van der Waals surface area contributed by atoms with Crippen LogP contribution in [-0.2, 0) is 9.59 Å². The molecule has 0 spiro atoms. The second-order valence-corrected chi connectivity index (χ2v) is 5.53. The van der Waals surface area contributed by atoms with Crippen molar-refractivity contribution in [1.29, 1.82) is 0 Å². The molecule has 2 aliphatic rings. The first-order valence-electron chi connectivity index (χ1n) is 6.92. The molecule has 4 unspecified atom stereocenters. The maximum atomic E-state index is 12.2. The average Bonchev–Trinajstić information content (AvgIpc) is 2.98. The number of carboxylic acids is 1. The van der Waals surface area contributed by atoms with E-state index in [2.05, 4.69) is 17.1 Å². The fraction of sp³-hybridized carbons (Fsp3) is 0.714. The fourth-order valence-corrected chi connectivity index (χ4v) is 3.16. The lowest BCUT2D eigenvalue weighted by atomic mass is 9.82. The third kappa shape index (κ3) is 2.81. The van der Waals surface area contributed by atoms with Crippen LogP contribution >= 0.6 is 0 Å². The van der Waals surface area contributed by atoms with Gasteiger partial charge in [-0.25, -0.2) is 0 Å². The van der Waals surface area contributed by atoms with Crippen molar-refractivity contribution >= 4 is 11.9 Å². The zero-order chi connectivity index (χ0) is 14.0. The quantitative estimate of drug-likeness (QED) is 0.690. The number of rotatable bonds is 6. The molecule has 2 bridgehead atoms. The SMILES string of the molecule is CCN(C)CCNC(=O)C1C2C=CC(C2)C1C(=O)O. The second-order valence-electron chi connectivity index (χ2n) is 5.53. The zero-order valence-corrected chi connectivity index (χ0v) is 11.5. The number of carboxylic acid groups (broad SMARTS) is 1. The molecule has 0 saturated heterocycles. The van der Waals surface area contributed by atoms with Crippen LogP contribution < -0.4 is 5.32 Å². The third-order valence-corrected chi connectivity index (χ3v) is 4.38. The molecule has 1 fully saturated rings. The van der Waals surface area contributed by atoms with Gasteiger partial charge in [0.15, 0.2) is 0 Å². The summed E-state index contributed by atoms with van der Waals surface area (Å²) in [5.74, 6) is -1.73. The Morgan fingerprint density at radius 3 is 2.53 bits per heavy atom. The maximum absolute atomic E-state index is 12.2. The van der Waals surface area contributed by atoms with E-state index in [1.165, 1.54) is 0 Å². The molecule has 1 saturated carbocycles. The highest BCUT2D eigenvalue weighted by molar-refractivity contribution is 5.86. The predicted octanol–water partition coefficient (Wildman–Crippen LogP) is 0.577. The lowest BCUT2D eigenvalue weighted by molar-refractivity contribution is -0.147. The Morgan fingerprint density at radius 2 is 1.95 bits per heavy atom. The summed E-state index contributed by atoms with van der Waals surface area (Å²) in [6, 6.07) is 0. The standard InChI is InChI=1S/C14H22N2O3/c1-3-16(2)7-6-15-13(17)11-9-4-5-10(8-9)12(11)14(18)19/h4-5,9-12H,3,6-8H2,1-2H3,(H,15,17)(H,18,19). The van der Waals surface area contributed by atoms with E-state index in [0.29, 0.717) is 6.54 Å². The van der Waals surface area contributed by atoms with Crippen LogP contribution in [0.2, 0.25) is 0 Å². The van der Waals surface area contributed by atoms with E-state index >= 15 is 0 Å². The highest BCUT2D eigenvalue weighted by Crippen LogP contribution is 2.48. The van der Waals surface area contributed by atoms with E-state index in [0.717, 1.165) is 19.5 Å². The van der Waals surface area contributed by atoms with Gasteiger partial charge in [0, 0.05) is 13.1 Å². The summed E-state index contributed by atoms with van der Waals surface area (Å²) in [5.41, 5.74) is 0. The van der Waals surface area contributed by atoms with Crippen LogP contribution in [0.3, 0.4) is 0 Å². The molecule has 1 amide bonds. The topological polar surface area (TPSA) is 69.6 Å². The average molecular weight is 266 g/mol. The van der Waals surface area contributed by atoms with Gasteiger partial charge in [-0.3, -0.25) is 9.59 Å². The summed E-state index contributed by atoms with van der Waals surface area (Å²) in [7, 11) is 1.99. The van der Waals surface area contributed by atoms with Crippen molar-refractivity contribution in [3.05, 3.63) is 12.2 Å². The van der Waals surface area contributed by atoms with Gasteiger partial charge in [0.2, 0.25) is 5.91 Å². The Hall–Kier alpha value is -1.36. The molecule has 0 heterocycles. The number of aliphatic carboxylic acids is 1. The fourth-order valence-electron chi connectivity index (χ4n) is 3.16. The van der Waals surface area contributed by atoms with E-state index in [4.69, 9.17) is 0 Å². The molecule has 0 aliphatic heterocycles. The first-order valence-corrected chi connectivity index (χ1v) is 6.92. The third-order valence-electron chi connectivity index (χ3n) is 4.38. The minimum atomic E-state index is -0.845. The predicted molar refractivity (Wildman–Crippen MR) is 71.5 cm³/mol. The minimum Gasteiger partial charge on any atom is -0.481 e. The van der Waals surface area contributed by atoms with Crippen LogP contribution in [0.1, 0.15) is 13.3 Å².